The van der Waals surface area contributed by atoms with E-state index in [-0.39, 0.29) is 41.6 Å². The van der Waals surface area contributed by atoms with Gasteiger partial charge >= 0.3 is 0 Å². The van der Waals surface area contributed by atoms with Gasteiger partial charge in [0.05, 0.1) is 16.8 Å². The van der Waals surface area contributed by atoms with Crippen LogP contribution in [0.15, 0.2) is 46.8 Å². The third-order valence-corrected chi connectivity index (χ3v) is 9.17. The molecule has 0 saturated carbocycles. The highest BCUT2D eigenvalue weighted by molar-refractivity contribution is 7.91. The summed E-state index contributed by atoms with van der Waals surface area (Å²) < 4.78 is 27.6. The zero-order chi connectivity index (χ0) is 22.2. The molecule has 1 aromatic heterocycles. The number of amides is 2. The first-order valence-corrected chi connectivity index (χ1v) is 12.5. The molecule has 4 rings (SSSR count). The fourth-order valence-electron chi connectivity index (χ4n) is 3.95. The lowest BCUT2D eigenvalue weighted by atomic mass is 9.93. The Morgan fingerprint density at radius 3 is 2.45 bits per heavy atom. The van der Waals surface area contributed by atoms with Gasteiger partial charge in [-0.1, -0.05) is 35.9 Å². The molecule has 0 spiro atoms. The smallest absolute Gasteiger partial charge is 0.252 e. The molecule has 1 saturated heterocycles. The molecule has 10 heteroatoms. The number of hydrogen-bond acceptors (Lipinski definition) is 5. The van der Waals surface area contributed by atoms with Gasteiger partial charge in [-0.15, -0.1) is 11.3 Å². The van der Waals surface area contributed by atoms with Crippen molar-refractivity contribution in [3.8, 4) is 0 Å². The topological polar surface area (TPSA) is 78.0 Å². The van der Waals surface area contributed by atoms with E-state index >= 15 is 0 Å². The van der Waals surface area contributed by atoms with Gasteiger partial charge in [0.15, 0.2) is 0 Å². The summed E-state index contributed by atoms with van der Waals surface area (Å²) in [7, 11) is -3.61. The third-order valence-electron chi connectivity index (χ3n) is 5.57. The van der Waals surface area contributed by atoms with Crippen LogP contribution in [0.2, 0.25) is 4.34 Å². The summed E-state index contributed by atoms with van der Waals surface area (Å²) in [6.07, 6.45) is 3.74. The van der Waals surface area contributed by atoms with Crippen LogP contribution in [-0.2, 0) is 19.6 Å². The van der Waals surface area contributed by atoms with Crippen LogP contribution in [0.5, 0.6) is 0 Å². The monoisotopic (exact) mass is 479 g/mol. The molecule has 0 bridgehead atoms. The zero-order valence-corrected chi connectivity index (χ0v) is 19.3. The molecule has 2 aliphatic heterocycles. The van der Waals surface area contributed by atoms with Crippen LogP contribution in [0.25, 0.3) is 6.08 Å². The molecule has 2 aromatic rings. The van der Waals surface area contributed by atoms with Crippen molar-refractivity contribution in [2.75, 3.05) is 26.2 Å². The molecule has 1 atom stereocenters. The highest BCUT2D eigenvalue weighted by Gasteiger charge is 2.34. The third kappa shape index (κ3) is 4.41. The van der Waals surface area contributed by atoms with Crippen LogP contribution in [0.1, 0.15) is 30.5 Å². The Morgan fingerprint density at radius 1 is 1.10 bits per heavy atom. The first-order valence-electron chi connectivity index (χ1n) is 9.86. The van der Waals surface area contributed by atoms with E-state index in [0.29, 0.717) is 17.4 Å². The maximum absolute atomic E-state index is 13.1. The summed E-state index contributed by atoms with van der Waals surface area (Å²) in [5.41, 5.74) is 1.92. The van der Waals surface area contributed by atoms with E-state index in [1.807, 2.05) is 30.3 Å². The number of carbonyl (C=O) groups is 2. The van der Waals surface area contributed by atoms with E-state index < -0.39 is 10.0 Å². The zero-order valence-electron chi connectivity index (χ0n) is 16.9. The Labute approximate surface area is 190 Å². The number of benzene rings is 1. The minimum absolute atomic E-state index is 0.0995. The molecule has 164 valence electrons. The number of halogens is 1. The lowest BCUT2D eigenvalue weighted by Crippen LogP contribution is -2.51. The Balaban J connectivity index is 1.44. The molecule has 31 heavy (non-hydrogen) atoms. The Hall–Kier alpha value is -2.20. The van der Waals surface area contributed by atoms with Crippen molar-refractivity contribution in [1.29, 1.82) is 0 Å². The van der Waals surface area contributed by atoms with Crippen LogP contribution in [0.3, 0.4) is 0 Å². The first-order chi connectivity index (χ1) is 14.8. The van der Waals surface area contributed by atoms with Crippen LogP contribution >= 0.6 is 22.9 Å². The summed E-state index contributed by atoms with van der Waals surface area (Å²) >= 11 is 6.91. The number of rotatable bonds is 4. The van der Waals surface area contributed by atoms with Crippen molar-refractivity contribution < 1.29 is 18.0 Å². The van der Waals surface area contributed by atoms with E-state index in [0.717, 1.165) is 22.5 Å². The van der Waals surface area contributed by atoms with Gasteiger partial charge in [-0.2, -0.15) is 4.31 Å². The Morgan fingerprint density at radius 2 is 1.81 bits per heavy atom. The van der Waals surface area contributed by atoms with Gasteiger partial charge in [0, 0.05) is 39.3 Å². The summed E-state index contributed by atoms with van der Waals surface area (Å²) in [4.78, 5) is 28.4. The molecule has 1 aromatic carbocycles. The van der Waals surface area contributed by atoms with E-state index in [4.69, 9.17) is 11.6 Å². The molecule has 7 nitrogen and oxygen atoms in total. The summed E-state index contributed by atoms with van der Waals surface area (Å²) in [5, 5.41) is 0. The standard InChI is InChI=1S/C21H22ClN3O4S2/c1-15(26)25-9-8-16-4-2-3-5-17(16)18(25)14-20(27)23-10-12-24(13-11-23)31(28,29)21-7-6-19(22)30-21/h2-9,18H,10-14H2,1H3. The van der Waals surface area contributed by atoms with Gasteiger partial charge < -0.3 is 9.80 Å². The van der Waals surface area contributed by atoms with Crippen LogP contribution in [-0.4, -0.2) is 60.5 Å². The van der Waals surface area contributed by atoms with E-state index in [1.54, 1.807) is 22.1 Å². The molecule has 1 unspecified atom stereocenters. The average Bonchev–Trinajstić information content (AvgIpc) is 3.21. The molecule has 0 aliphatic carbocycles. The fraction of sp³-hybridized carbons (Fsp3) is 0.333. The maximum Gasteiger partial charge on any atom is 0.252 e. The predicted molar refractivity (Wildman–Crippen MR) is 120 cm³/mol. The first kappa shape index (κ1) is 22.0. The largest absolute Gasteiger partial charge is 0.340 e. The quantitative estimate of drug-likeness (QED) is 0.674. The van der Waals surface area contributed by atoms with E-state index in [2.05, 4.69) is 0 Å². The van der Waals surface area contributed by atoms with Crippen molar-refractivity contribution in [2.45, 2.75) is 23.6 Å². The Kier molecular flexibility index (Phi) is 6.20. The second kappa shape index (κ2) is 8.74. The lowest BCUT2D eigenvalue weighted by molar-refractivity contribution is -0.135. The van der Waals surface area contributed by atoms with Gasteiger partial charge in [-0.05, 0) is 29.3 Å². The second-order valence-corrected chi connectivity index (χ2v) is 11.3. The van der Waals surface area contributed by atoms with Crippen molar-refractivity contribution in [3.05, 3.63) is 58.1 Å². The molecule has 0 N–H and O–H groups in total. The van der Waals surface area contributed by atoms with Crippen LogP contribution in [0.4, 0.5) is 0 Å². The number of piperazine rings is 1. The van der Waals surface area contributed by atoms with Gasteiger partial charge in [0.2, 0.25) is 11.8 Å². The van der Waals surface area contributed by atoms with Crippen molar-refractivity contribution >= 4 is 50.9 Å². The maximum atomic E-state index is 13.1. The number of sulfonamides is 1. The molecule has 3 heterocycles. The summed E-state index contributed by atoms with van der Waals surface area (Å²) in [6, 6.07) is 10.4. The minimum Gasteiger partial charge on any atom is -0.340 e. The van der Waals surface area contributed by atoms with Gasteiger partial charge in [0.25, 0.3) is 10.0 Å². The number of fused-ring (bicyclic) bond motifs is 1. The Bertz CT molecular complexity index is 1140. The summed E-state index contributed by atoms with van der Waals surface area (Å²) in [6.45, 7) is 2.54. The molecular weight excluding hydrogens is 458 g/mol. The average molecular weight is 480 g/mol. The highest BCUT2D eigenvalue weighted by atomic mass is 35.5. The number of nitrogens with zero attached hydrogens (tertiary/aromatic N) is 3. The van der Waals surface area contributed by atoms with E-state index in [1.165, 1.54) is 17.3 Å². The van der Waals surface area contributed by atoms with Gasteiger partial charge in [0.1, 0.15) is 4.21 Å². The normalized spacial score (nSPS) is 19.4. The minimum atomic E-state index is -3.61. The van der Waals surface area contributed by atoms with Gasteiger partial charge in [-0.25, -0.2) is 8.42 Å². The van der Waals surface area contributed by atoms with Crippen molar-refractivity contribution in [2.24, 2.45) is 0 Å². The highest BCUT2D eigenvalue weighted by Crippen LogP contribution is 2.34. The molecule has 0 radical (unpaired) electrons. The molecule has 1 fully saturated rings. The van der Waals surface area contributed by atoms with Crippen molar-refractivity contribution in [3.63, 3.8) is 0 Å². The number of carbonyl (C=O) groups excluding carboxylic acids is 2. The molecular formula is C21H22ClN3O4S2. The second-order valence-electron chi connectivity index (χ2n) is 7.43. The number of thiophene rings is 1. The predicted octanol–water partition coefficient (Wildman–Crippen LogP) is 3.20. The number of hydrogen-bond donors (Lipinski definition) is 0. The molecule has 2 amide bonds. The lowest BCUT2D eigenvalue weighted by Gasteiger charge is -2.37. The van der Waals surface area contributed by atoms with Crippen molar-refractivity contribution in [1.82, 2.24) is 14.1 Å². The van der Waals surface area contributed by atoms with Crippen LogP contribution < -0.4 is 0 Å². The van der Waals surface area contributed by atoms with Gasteiger partial charge in [-0.3, -0.25) is 9.59 Å². The SMILES string of the molecule is CC(=O)N1C=Cc2ccccc2C1CC(=O)N1CCN(S(=O)(=O)c2ccc(Cl)s2)CC1. The fourth-order valence-corrected chi connectivity index (χ4v) is 7.01. The summed E-state index contributed by atoms with van der Waals surface area (Å²) in [5.74, 6) is -0.230. The molecule has 2 aliphatic rings. The van der Waals surface area contributed by atoms with E-state index in [9.17, 15) is 18.0 Å². The van der Waals surface area contributed by atoms with Crippen LogP contribution in [0, 0.1) is 0 Å².